The van der Waals surface area contributed by atoms with Crippen LogP contribution in [0.3, 0.4) is 0 Å². The highest BCUT2D eigenvalue weighted by Crippen LogP contribution is 2.35. The van der Waals surface area contributed by atoms with Crippen molar-refractivity contribution >= 4 is 11.6 Å². The van der Waals surface area contributed by atoms with Gasteiger partial charge in [-0.25, -0.2) is 0 Å². The summed E-state index contributed by atoms with van der Waals surface area (Å²) in [5, 5.41) is 3.81. The number of methoxy groups -OCH3 is 1. The first-order valence-corrected chi connectivity index (χ1v) is 7.09. The molecule has 20 heavy (non-hydrogen) atoms. The fourth-order valence-corrected chi connectivity index (χ4v) is 2.51. The Morgan fingerprint density at radius 1 is 1.25 bits per heavy atom. The largest absolute Gasteiger partial charge is 0.496 e. The van der Waals surface area contributed by atoms with Gasteiger partial charge in [0.1, 0.15) is 11.5 Å². The number of ether oxygens (including phenoxy) is 1. The van der Waals surface area contributed by atoms with Gasteiger partial charge in [0, 0.05) is 5.56 Å². The zero-order chi connectivity index (χ0) is 14.7. The zero-order valence-corrected chi connectivity index (χ0v) is 13.0. The van der Waals surface area contributed by atoms with E-state index >= 15 is 0 Å². The van der Waals surface area contributed by atoms with Crippen LogP contribution in [0.15, 0.2) is 28.7 Å². The van der Waals surface area contributed by atoms with E-state index in [4.69, 9.17) is 20.8 Å². The number of nitrogens with one attached hydrogen (secondary N) is 1. The van der Waals surface area contributed by atoms with Gasteiger partial charge in [-0.05, 0) is 55.3 Å². The summed E-state index contributed by atoms with van der Waals surface area (Å²) in [5.41, 5.74) is 3.41. The molecule has 2 rings (SSSR count). The molecule has 1 N–H and O–H groups in total. The van der Waals surface area contributed by atoms with Crippen LogP contribution in [0, 0.1) is 13.8 Å². The number of rotatable bonds is 5. The summed E-state index contributed by atoms with van der Waals surface area (Å²) < 4.78 is 11.2. The van der Waals surface area contributed by atoms with Crippen molar-refractivity contribution in [3.63, 3.8) is 0 Å². The average Bonchev–Trinajstić information content (AvgIpc) is 2.86. The molecule has 0 saturated carbocycles. The highest BCUT2D eigenvalue weighted by Gasteiger charge is 2.22. The fourth-order valence-electron chi connectivity index (χ4n) is 2.36. The smallest absolute Gasteiger partial charge is 0.193 e. The van der Waals surface area contributed by atoms with Crippen LogP contribution in [0.5, 0.6) is 5.75 Å². The molecular formula is C16H20ClNO2. The third-order valence-corrected chi connectivity index (χ3v) is 3.71. The Morgan fingerprint density at radius 2 is 2.00 bits per heavy atom. The third kappa shape index (κ3) is 2.84. The van der Waals surface area contributed by atoms with Gasteiger partial charge >= 0.3 is 0 Å². The summed E-state index contributed by atoms with van der Waals surface area (Å²) in [6.07, 6.45) is 0. The van der Waals surface area contributed by atoms with Crippen molar-refractivity contribution in [2.75, 3.05) is 13.7 Å². The van der Waals surface area contributed by atoms with Crippen LogP contribution in [-0.2, 0) is 0 Å². The molecule has 0 spiro atoms. The number of hydrogen-bond donors (Lipinski definition) is 1. The van der Waals surface area contributed by atoms with E-state index in [2.05, 4.69) is 38.2 Å². The lowest BCUT2D eigenvalue weighted by Crippen LogP contribution is -2.22. The van der Waals surface area contributed by atoms with Gasteiger partial charge in [0.2, 0.25) is 0 Å². The number of aryl methyl sites for hydroxylation is 1. The maximum Gasteiger partial charge on any atom is 0.193 e. The molecule has 0 bridgehead atoms. The highest BCUT2D eigenvalue weighted by atomic mass is 35.5. The molecule has 3 nitrogen and oxygen atoms in total. The van der Waals surface area contributed by atoms with Crippen LogP contribution in [0.4, 0.5) is 0 Å². The summed E-state index contributed by atoms with van der Waals surface area (Å²) >= 11 is 5.90. The van der Waals surface area contributed by atoms with E-state index in [1.807, 2.05) is 6.07 Å². The number of hydrogen-bond acceptors (Lipinski definition) is 3. The van der Waals surface area contributed by atoms with Gasteiger partial charge in [0.05, 0.1) is 13.2 Å². The average molecular weight is 294 g/mol. The van der Waals surface area contributed by atoms with Gasteiger partial charge in [-0.2, -0.15) is 0 Å². The topological polar surface area (TPSA) is 34.4 Å². The first-order chi connectivity index (χ1) is 9.58. The minimum atomic E-state index is -0.0678. The maximum atomic E-state index is 5.90. The van der Waals surface area contributed by atoms with Gasteiger partial charge in [-0.15, -0.1) is 0 Å². The Hall–Kier alpha value is -1.45. The summed E-state index contributed by atoms with van der Waals surface area (Å²) in [4.78, 5) is 0. The molecule has 1 aromatic heterocycles. The second-order valence-electron chi connectivity index (χ2n) is 4.76. The van der Waals surface area contributed by atoms with Crippen LogP contribution in [0.25, 0.3) is 0 Å². The second kappa shape index (κ2) is 6.33. The van der Waals surface area contributed by atoms with E-state index in [0.717, 1.165) is 29.2 Å². The molecule has 0 radical (unpaired) electrons. The first-order valence-electron chi connectivity index (χ1n) is 6.71. The van der Waals surface area contributed by atoms with Crippen LogP contribution in [0.2, 0.25) is 5.22 Å². The molecule has 1 unspecified atom stereocenters. The van der Waals surface area contributed by atoms with Gasteiger partial charge in [-0.1, -0.05) is 19.1 Å². The number of benzene rings is 1. The Labute approximate surface area is 124 Å². The summed E-state index contributed by atoms with van der Waals surface area (Å²) in [5.74, 6) is 1.68. The Kier molecular flexibility index (Phi) is 4.73. The number of furan rings is 1. The molecule has 0 aliphatic carbocycles. The first kappa shape index (κ1) is 14.9. The summed E-state index contributed by atoms with van der Waals surface area (Å²) in [6, 6.07) is 7.76. The molecular weight excluding hydrogens is 274 g/mol. The lowest BCUT2D eigenvalue weighted by molar-refractivity contribution is 0.391. The van der Waals surface area contributed by atoms with Crippen LogP contribution < -0.4 is 10.1 Å². The summed E-state index contributed by atoms with van der Waals surface area (Å²) in [7, 11) is 1.70. The van der Waals surface area contributed by atoms with Crippen molar-refractivity contribution < 1.29 is 9.15 Å². The molecule has 0 aliphatic rings. The maximum absolute atomic E-state index is 5.90. The van der Waals surface area contributed by atoms with Crippen LogP contribution in [0.1, 0.15) is 35.4 Å². The highest BCUT2D eigenvalue weighted by molar-refractivity contribution is 6.28. The molecule has 4 heteroatoms. The normalized spacial score (nSPS) is 12.4. The van der Waals surface area contributed by atoms with E-state index in [1.54, 1.807) is 13.2 Å². The van der Waals surface area contributed by atoms with Crippen molar-refractivity contribution in [1.29, 1.82) is 0 Å². The van der Waals surface area contributed by atoms with Crippen molar-refractivity contribution in [3.8, 4) is 5.75 Å². The van der Waals surface area contributed by atoms with Crippen molar-refractivity contribution in [2.45, 2.75) is 26.8 Å². The minimum Gasteiger partial charge on any atom is -0.496 e. The summed E-state index contributed by atoms with van der Waals surface area (Å²) in [6.45, 7) is 7.02. The van der Waals surface area contributed by atoms with E-state index < -0.39 is 0 Å². The molecule has 108 valence electrons. The molecule has 0 aliphatic heterocycles. The van der Waals surface area contributed by atoms with Crippen LogP contribution >= 0.6 is 11.6 Å². The van der Waals surface area contributed by atoms with E-state index in [1.165, 1.54) is 5.56 Å². The molecule has 1 heterocycles. The molecule has 1 atom stereocenters. The van der Waals surface area contributed by atoms with Crippen molar-refractivity contribution in [1.82, 2.24) is 5.32 Å². The fraction of sp³-hybridized carbons (Fsp3) is 0.375. The van der Waals surface area contributed by atoms with Gasteiger partial charge in [0.15, 0.2) is 5.22 Å². The van der Waals surface area contributed by atoms with Gasteiger partial charge in [0.25, 0.3) is 0 Å². The standard InChI is InChI=1S/C16H20ClNO2/c1-5-18-15(13-8-9-14(17)20-13)12-7-6-10(2)11(3)16(12)19-4/h6-9,15,18H,5H2,1-4H3. The number of halogens is 1. The minimum absolute atomic E-state index is 0.0678. The lowest BCUT2D eigenvalue weighted by Gasteiger charge is -2.21. The third-order valence-electron chi connectivity index (χ3n) is 3.51. The van der Waals surface area contributed by atoms with Gasteiger partial charge in [-0.3, -0.25) is 0 Å². The monoisotopic (exact) mass is 293 g/mol. The molecule has 2 aromatic rings. The predicted octanol–water partition coefficient (Wildman–Crippen LogP) is 4.26. The quantitative estimate of drug-likeness (QED) is 0.894. The second-order valence-corrected chi connectivity index (χ2v) is 5.14. The van der Waals surface area contributed by atoms with E-state index in [0.29, 0.717) is 5.22 Å². The Bertz CT molecular complexity index is 592. The lowest BCUT2D eigenvalue weighted by atomic mass is 9.97. The molecule has 0 amide bonds. The van der Waals surface area contributed by atoms with Crippen molar-refractivity contribution in [3.05, 3.63) is 51.9 Å². The van der Waals surface area contributed by atoms with E-state index in [-0.39, 0.29) is 6.04 Å². The predicted molar refractivity (Wildman–Crippen MR) is 81.7 cm³/mol. The van der Waals surface area contributed by atoms with Gasteiger partial charge < -0.3 is 14.5 Å². The zero-order valence-electron chi connectivity index (χ0n) is 12.3. The molecule has 0 fully saturated rings. The van der Waals surface area contributed by atoms with Crippen molar-refractivity contribution in [2.24, 2.45) is 0 Å². The SMILES string of the molecule is CCNC(c1ccc(Cl)o1)c1ccc(C)c(C)c1OC. The van der Waals surface area contributed by atoms with E-state index in [9.17, 15) is 0 Å². The molecule has 1 aromatic carbocycles. The Morgan fingerprint density at radius 3 is 2.55 bits per heavy atom. The molecule has 0 saturated heterocycles. The Balaban J connectivity index is 2.52. The van der Waals surface area contributed by atoms with Crippen LogP contribution in [-0.4, -0.2) is 13.7 Å².